The highest BCUT2D eigenvalue weighted by atomic mass is 16.1. The van der Waals surface area contributed by atoms with E-state index >= 15 is 0 Å². The molecular weight excluding hydrogens is 226 g/mol. The van der Waals surface area contributed by atoms with E-state index in [4.69, 9.17) is 5.73 Å². The number of benzene rings is 1. The summed E-state index contributed by atoms with van der Waals surface area (Å²) in [5, 5.41) is 2.85. The Hall–Kier alpha value is -2.36. The fourth-order valence-corrected chi connectivity index (χ4v) is 1.80. The number of nitrogens with one attached hydrogen (secondary N) is 1. The number of carbonyl (C=O) groups is 1. The molecule has 0 aliphatic rings. The SMILES string of the molecule is Cc1cnccc1NC(=O)c1c(C)cccc1N. The smallest absolute Gasteiger partial charge is 0.258 e. The summed E-state index contributed by atoms with van der Waals surface area (Å²) in [5.74, 6) is -0.195. The first kappa shape index (κ1) is 12.1. The Kier molecular flexibility index (Phi) is 3.28. The highest BCUT2D eigenvalue weighted by Gasteiger charge is 2.13. The van der Waals surface area contributed by atoms with Gasteiger partial charge in [0.15, 0.2) is 0 Å². The van der Waals surface area contributed by atoms with E-state index in [1.165, 1.54) is 0 Å². The van der Waals surface area contributed by atoms with Crippen LogP contribution in [0.15, 0.2) is 36.7 Å². The Labute approximate surface area is 106 Å². The van der Waals surface area contributed by atoms with Gasteiger partial charge < -0.3 is 11.1 Å². The lowest BCUT2D eigenvalue weighted by atomic mass is 10.1. The number of amides is 1. The Morgan fingerprint density at radius 1 is 1.22 bits per heavy atom. The number of pyridine rings is 1. The summed E-state index contributed by atoms with van der Waals surface area (Å²) in [4.78, 5) is 16.2. The fraction of sp³-hybridized carbons (Fsp3) is 0.143. The summed E-state index contributed by atoms with van der Waals surface area (Å²) in [5.41, 5.74) is 9.37. The third-order valence-electron chi connectivity index (χ3n) is 2.80. The second kappa shape index (κ2) is 4.87. The van der Waals surface area contributed by atoms with Gasteiger partial charge in [0, 0.05) is 23.8 Å². The summed E-state index contributed by atoms with van der Waals surface area (Å²) in [6.07, 6.45) is 3.35. The number of nitrogens with two attached hydrogens (primary N) is 1. The number of rotatable bonds is 2. The Balaban J connectivity index is 2.31. The first-order chi connectivity index (χ1) is 8.59. The molecule has 4 nitrogen and oxygen atoms in total. The number of hydrogen-bond donors (Lipinski definition) is 2. The molecule has 18 heavy (non-hydrogen) atoms. The van der Waals surface area contributed by atoms with E-state index in [1.807, 2.05) is 26.0 Å². The highest BCUT2D eigenvalue weighted by molar-refractivity contribution is 6.09. The van der Waals surface area contributed by atoms with Gasteiger partial charge in [-0.1, -0.05) is 12.1 Å². The summed E-state index contributed by atoms with van der Waals surface area (Å²) >= 11 is 0. The molecule has 0 bridgehead atoms. The predicted molar refractivity (Wildman–Crippen MR) is 72.5 cm³/mol. The zero-order valence-corrected chi connectivity index (χ0v) is 10.4. The lowest BCUT2D eigenvalue weighted by Gasteiger charge is -2.11. The van der Waals surface area contributed by atoms with Gasteiger partial charge in [-0.25, -0.2) is 0 Å². The number of anilines is 2. The van der Waals surface area contributed by atoms with Crippen molar-refractivity contribution in [2.75, 3.05) is 11.1 Å². The zero-order chi connectivity index (χ0) is 13.1. The third-order valence-corrected chi connectivity index (χ3v) is 2.80. The minimum absolute atomic E-state index is 0.195. The number of carbonyl (C=O) groups excluding carboxylic acids is 1. The van der Waals surface area contributed by atoms with Crippen molar-refractivity contribution in [3.8, 4) is 0 Å². The first-order valence-corrected chi connectivity index (χ1v) is 5.66. The molecule has 1 aromatic heterocycles. The summed E-state index contributed by atoms with van der Waals surface area (Å²) < 4.78 is 0. The monoisotopic (exact) mass is 241 g/mol. The lowest BCUT2D eigenvalue weighted by molar-refractivity contribution is 0.102. The van der Waals surface area contributed by atoms with Crippen LogP contribution in [0, 0.1) is 13.8 Å². The molecule has 1 aromatic carbocycles. The van der Waals surface area contributed by atoms with Crippen molar-refractivity contribution in [1.82, 2.24) is 4.98 Å². The van der Waals surface area contributed by atoms with Gasteiger partial charge in [0.05, 0.1) is 5.56 Å². The van der Waals surface area contributed by atoms with Gasteiger partial charge in [-0.15, -0.1) is 0 Å². The number of nitrogen functional groups attached to an aromatic ring is 1. The summed E-state index contributed by atoms with van der Waals surface area (Å²) in [6, 6.07) is 7.19. The molecule has 0 spiro atoms. The molecule has 0 radical (unpaired) electrons. The van der Waals surface area contributed by atoms with Gasteiger partial charge >= 0.3 is 0 Å². The van der Waals surface area contributed by atoms with E-state index in [0.717, 1.165) is 16.8 Å². The van der Waals surface area contributed by atoms with Gasteiger partial charge in [0.1, 0.15) is 0 Å². The van der Waals surface area contributed by atoms with E-state index in [2.05, 4.69) is 10.3 Å². The van der Waals surface area contributed by atoms with Crippen LogP contribution in [0.25, 0.3) is 0 Å². The maximum absolute atomic E-state index is 12.2. The molecule has 92 valence electrons. The lowest BCUT2D eigenvalue weighted by Crippen LogP contribution is -2.16. The summed E-state index contributed by atoms with van der Waals surface area (Å²) in [6.45, 7) is 3.76. The standard InChI is InChI=1S/C14H15N3O/c1-9-4-3-5-11(15)13(9)14(18)17-12-6-7-16-8-10(12)2/h3-8H,15H2,1-2H3,(H,16,17,18). The maximum Gasteiger partial charge on any atom is 0.258 e. The van der Waals surface area contributed by atoms with E-state index in [9.17, 15) is 4.79 Å². The van der Waals surface area contributed by atoms with Crippen LogP contribution in [0.2, 0.25) is 0 Å². The molecule has 1 amide bonds. The van der Waals surface area contributed by atoms with Crippen LogP contribution in [-0.4, -0.2) is 10.9 Å². The molecule has 2 rings (SSSR count). The van der Waals surface area contributed by atoms with Crippen LogP contribution >= 0.6 is 0 Å². The second-order valence-corrected chi connectivity index (χ2v) is 4.18. The van der Waals surface area contributed by atoms with Crippen LogP contribution < -0.4 is 11.1 Å². The van der Waals surface area contributed by atoms with Crippen LogP contribution in [0.1, 0.15) is 21.5 Å². The fourth-order valence-electron chi connectivity index (χ4n) is 1.80. The van der Waals surface area contributed by atoms with E-state index in [1.54, 1.807) is 24.5 Å². The average molecular weight is 241 g/mol. The van der Waals surface area contributed by atoms with Crippen molar-refractivity contribution in [2.24, 2.45) is 0 Å². The Bertz CT molecular complexity index is 573. The van der Waals surface area contributed by atoms with Crippen molar-refractivity contribution in [2.45, 2.75) is 13.8 Å². The number of nitrogens with zero attached hydrogens (tertiary/aromatic N) is 1. The Morgan fingerprint density at radius 3 is 2.67 bits per heavy atom. The number of aryl methyl sites for hydroxylation is 2. The maximum atomic E-state index is 12.2. The van der Waals surface area contributed by atoms with Crippen LogP contribution in [-0.2, 0) is 0 Å². The molecule has 0 atom stereocenters. The molecule has 3 N–H and O–H groups in total. The predicted octanol–water partition coefficient (Wildman–Crippen LogP) is 2.53. The van der Waals surface area contributed by atoms with Crippen LogP contribution in [0.5, 0.6) is 0 Å². The normalized spacial score (nSPS) is 10.1. The number of aromatic nitrogens is 1. The zero-order valence-electron chi connectivity index (χ0n) is 10.4. The molecule has 2 aromatic rings. The molecule has 1 heterocycles. The van der Waals surface area contributed by atoms with E-state index in [-0.39, 0.29) is 5.91 Å². The molecule has 4 heteroatoms. The molecule has 0 saturated heterocycles. The van der Waals surface area contributed by atoms with Crippen LogP contribution in [0.4, 0.5) is 11.4 Å². The van der Waals surface area contributed by atoms with Crippen molar-refractivity contribution < 1.29 is 4.79 Å². The van der Waals surface area contributed by atoms with Gasteiger partial charge in [-0.3, -0.25) is 9.78 Å². The van der Waals surface area contributed by atoms with Crippen molar-refractivity contribution in [3.63, 3.8) is 0 Å². The van der Waals surface area contributed by atoms with Crippen molar-refractivity contribution >= 4 is 17.3 Å². The summed E-state index contributed by atoms with van der Waals surface area (Å²) in [7, 11) is 0. The van der Waals surface area contributed by atoms with Gasteiger partial charge in [0.2, 0.25) is 0 Å². The largest absolute Gasteiger partial charge is 0.398 e. The number of hydrogen-bond acceptors (Lipinski definition) is 3. The molecule has 0 aliphatic carbocycles. The van der Waals surface area contributed by atoms with Gasteiger partial charge in [0.25, 0.3) is 5.91 Å². The molecular formula is C14H15N3O. The van der Waals surface area contributed by atoms with E-state index in [0.29, 0.717) is 11.3 Å². The topological polar surface area (TPSA) is 68.0 Å². The molecule has 0 aliphatic heterocycles. The van der Waals surface area contributed by atoms with Crippen LogP contribution in [0.3, 0.4) is 0 Å². The first-order valence-electron chi connectivity index (χ1n) is 5.66. The molecule has 0 saturated carbocycles. The second-order valence-electron chi connectivity index (χ2n) is 4.18. The molecule has 0 unspecified atom stereocenters. The Morgan fingerprint density at radius 2 is 2.00 bits per heavy atom. The van der Waals surface area contributed by atoms with Gasteiger partial charge in [-0.05, 0) is 37.1 Å². The quantitative estimate of drug-likeness (QED) is 0.794. The van der Waals surface area contributed by atoms with Crippen molar-refractivity contribution in [3.05, 3.63) is 53.3 Å². The highest BCUT2D eigenvalue weighted by Crippen LogP contribution is 2.19. The average Bonchev–Trinajstić information content (AvgIpc) is 2.32. The molecule has 0 fully saturated rings. The minimum atomic E-state index is -0.195. The minimum Gasteiger partial charge on any atom is -0.398 e. The van der Waals surface area contributed by atoms with Gasteiger partial charge in [-0.2, -0.15) is 0 Å². The van der Waals surface area contributed by atoms with Crippen molar-refractivity contribution in [1.29, 1.82) is 0 Å². The third kappa shape index (κ3) is 2.32. The van der Waals surface area contributed by atoms with E-state index < -0.39 is 0 Å².